The van der Waals surface area contributed by atoms with Crippen molar-refractivity contribution in [2.45, 2.75) is 12.3 Å². The Bertz CT molecular complexity index is 447. The van der Waals surface area contributed by atoms with E-state index in [4.69, 9.17) is 0 Å². The van der Waals surface area contributed by atoms with Crippen molar-refractivity contribution in [1.82, 2.24) is 0 Å². The molecule has 13 heavy (non-hydrogen) atoms. The van der Waals surface area contributed by atoms with Gasteiger partial charge in [0.2, 0.25) is 0 Å². The Morgan fingerprint density at radius 3 is 3.00 bits per heavy atom. The fraction of sp³-hybridized carbons (Fsp3) is 0.200. The third-order valence-corrected chi connectivity index (χ3v) is 4.69. The van der Waals surface area contributed by atoms with Crippen LogP contribution in [0.15, 0.2) is 17.5 Å². The highest BCUT2D eigenvalue weighted by molar-refractivity contribution is 14.1. The van der Waals surface area contributed by atoms with Crippen molar-refractivity contribution in [1.29, 1.82) is 0 Å². The summed E-state index contributed by atoms with van der Waals surface area (Å²) in [6, 6.07) is 4.47. The van der Waals surface area contributed by atoms with Gasteiger partial charge in [0.1, 0.15) is 0 Å². The van der Waals surface area contributed by atoms with Gasteiger partial charge in [-0.25, -0.2) is 0 Å². The molecule has 0 aliphatic carbocycles. The van der Waals surface area contributed by atoms with Gasteiger partial charge in [-0.2, -0.15) is 0 Å². The first-order valence-corrected chi connectivity index (χ1v) is 7.03. The second kappa shape index (κ2) is 3.87. The maximum atomic E-state index is 3.54. The molecule has 0 saturated carbocycles. The van der Waals surface area contributed by atoms with Crippen LogP contribution in [0.2, 0.25) is 0 Å². The highest BCUT2D eigenvalue weighted by atomic mass is 127. The van der Waals surface area contributed by atoms with Gasteiger partial charge in [0.05, 0.1) is 0 Å². The van der Waals surface area contributed by atoms with Crippen molar-refractivity contribution in [2.75, 3.05) is 0 Å². The molecular weight excluding hydrogens is 359 g/mol. The Balaban J connectivity index is 2.88. The lowest BCUT2D eigenvalue weighted by atomic mass is 10.1. The summed E-state index contributed by atoms with van der Waals surface area (Å²) in [5.74, 6) is 0. The molecule has 1 heterocycles. The van der Waals surface area contributed by atoms with Crippen LogP contribution in [0, 0.1) is 10.5 Å². The van der Waals surface area contributed by atoms with Crippen LogP contribution < -0.4 is 0 Å². The summed E-state index contributed by atoms with van der Waals surface area (Å²) in [6.07, 6.45) is 0. The average molecular weight is 367 g/mol. The van der Waals surface area contributed by atoms with E-state index in [1.165, 1.54) is 24.8 Å². The topological polar surface area (TPSA) is 0 Å². The molecule has 0 aliphatic rings. The number of benzene rings is 1. The monoisotopic (exact) mass is 366 g/mol. The number of alkyl halides is 1. The van der Waals surface area contributed by atoms with E-state index in [2.05, 4.69) is 63.0 Å². The van der Waals surface area contributed by atoms with Crippen LogP contribution in [0.4, 0.5) is 0 Å². The largest absolute Gasteiger partial charge is 0.144 e. The summed E-state index contributed by atoms with van der Waals surface area (Å²) in [4.78, 5) is 0. The van der Waals surface area contributed by atoms with Crippen LogP contribution in [0.3, 0.4) is 0 Å². The number of thiophene rings is 1. The van der Waals surface area contributed by atoms with Crippen LogP contribution in [-0.2, 0) is 5.33 Å². The summed E-state index contributed by atoms with van der Waals surface area (Å²) < 4.78 is 2.78. The van der Waals surface area contributed by atoms with E-state index in [-0.39, 0.29) is 0 Å². The number of hydrogen-bond donors (Lipinski definition) is 0. The van der Waals surface area contributed by atoms with E-state index in [0.717, 1.165) is 5.33 Å². The molecule has 1 aromatic heterocycles. The van der Waals surface area contributed by atoms with Gasteiger partial charge in [0.15, 0.2) is 0 Å². The molecular formula is C10H8BrIS. The smallest absolute Gasteiger partial charge is 0.0375 e. The molecule has 0 atom stereocenters. The van der Waals surface area contributed by atoms with Gasteiger partial charge in [0.25, 0.3) is 0 Å². The molecule has 0 spiro atoms. The lowest BCUT2D eigenvalue weighted by Crippen LogP contribution is -1.86. The fourth-order valence-corrected chi connectivity index (χ4v) is 4.44. The minimum atomic E-state index is 0.943. The Hall–Kier alpha value is 0.390. The molecule has 0 unspecified atom stereocenters. The third-order valence-electron chi connectivity index (χ3n) is 2.11. The van der Waals surface area contributed by atoms with Gasteiger partial charge in [-0.1, -0.05) is 15.9 Å². The summed E-state index contributed by atoms with van der Waals surface area (Å²) in [5.41, 5.74) is 2.81. The van der Waals surface area contributed by atoms with Gasteiger partial charge < -0.3 is 0 Å². The molecule has 0 saturated heterocycles. The number of rotatable bonds is 1. The van der Waals surface area contributed by atoms with E-state index in [1.807, 2.05) is 11.3 Å². The van der Waals surface area contributed by atoms with Crippen molar-refractivity contribution < 1.29 is 0 Å². The van der Waals surface area contributed by atoms with Gasteiger partial charge in [-0.05, 0) is 63.5 Å². The van der Waals surface area contributed by atoms with Gasteiger partial charge >= 0.3 is 0 Å². The lowest BCUT2D eigenvalue weighted by Gasteiger charge is -2.05. The highest BCUT2D eigenvalue weighted by Gasteiger charge is 2.07. The van der Waals surface area contributed by atoms with Gasteiger partial charge in [0, 0.05) is 13.6 Å². The number of hydrogen-bond acceptors (Lipinski definition) is 1. The van der Waals surface area contributed by atoms with Crippen LogP contribution in [-0.4, -0.2) is 0 Å². The van der Waals surface area contributed by atoms with E-state index >= 15 is 0 Å². The van der Waals surface area contributed by atoms with Crippen molar-refractivity contribution in [2.24, 2.45) is 0 Å². The fourth-order valence-electron chi connectivity index (χ4n) is 1.46. The summed E-state index contributed by atoms with van der Waals surface area (Å²) in [6.45, 7) is 2.18. The van der Waals surface area contributed by atoms with Crippen molar-refractivity contribution >= 4 is 59.9 Å². The minimum absolute atomic E-state index is 0.943. The molecule has 0 fully saturated rings. The van der Waals surface area contributed by atoms with Crippen LogP contribution in [0.1, 0.15) is 11.1 Å². The minimum Gasteiger partial charge on any atom is -0.144 e. The Morgan fingerprint density at radius 1 is 1.54 bits per heavy atom. The van der Waals surface area contributed by atoms with E-state index in [1.54, 1.807) is 0 Å². The molecule has 0 bridgehead atoms. The summed E-state index contributed by atoms with van der Waals surface area (Å²) in [5, 5.41) is 4.52. The SMILES string of the molecule is Cc1cc(I)c(CBr)c2ccsc12. The van der Waals surface area contributed by atoms with E-state index in [9.17, 15) is 0 Å². The zero-order chi connectivity index (χ0) is 9.42. The second-order valence-corrected chi connectivity index (χ2v) is 5.59. The molecule has 1 aromatic carbocycles. The van der Waals surface area contributed by atoms with Gasteiger partial charge in [-0.15, -0.1) is 11.3 Å². The van der Waals surface area contributed by atoms with Crippen molar-refractivity contribution in [3.8, 4) is 0 Å². The molecule has 2 rings (SSSR count). The molecule has 3 heteroatoms. The molecule has 0 radical (unpaired) electrons. The van der Waals surface area contributed by atoms with Gasteiger partial charge in [-0.3, -0.25) is 0 Å². The third kappa shape index (κ3) is 1.66. The van der Waals surface area contributed by atoms with E-state index < -0.39 is 0 Å². The molecule has 0 N–H and O–H groups in total. The molecule has 68 valence electrons. The summed E-state index contributed by atoms with van der Waals surface area (Å²) in [7, 11) is 0. The van der Waals surface area contributed by atoms with Crippen LogP contribution in [0.25, 0.3) is 10.1 Å². The number of halogens is 2. The lowest BCUT2D eigenvalue weighted by molar-refractivity contribution is 1.42. The maximum absolute atomic E-state index is 3.54. The normalized spacial score (nSPS) is 11.0. The first-order valence-electron chi connectivity index (χ1n) is 3.95. The molecule has 0 nitrogen and oxygen atoms in total. The zero-order valence-electron chi connectivity index (χ0n) is 7.10. The first-order chi connectivity index (χ1) is 6.24. The Labute approximate surface area is 104 Å². The maximum Gasteiger partial charge on any atom is 0.0375 e. The van der Waals surface area contributed by atoms with Crippen molar-refractivity contribution in [3.05, 3.63) is 32.2 Å². The Kier molecular flexibility index (Phi) is 2.95. The first kappa shape index (κ1) is 9.93. The zero-order valence-corrected chi connectivity index (χ0v) is 11.7. The number of fused-ring (bicyclic) bond motifs is 1. The predicted molar refractivity (Wildman–Crippen MR) is 71.9 cm³/mol. The Morgan fingerprint density at radius 2 is 2.31 bits per heavy atom. The molecule has 2 aromatic rings. The average Bonchev–Trinajstić information content (AvgIpc) is 2.53. The summed E-state index contributed by atoms with van der Waals surface area (Å²) >= 11 is 7.77. The highest BCUT2D eigenvalue weighted by Crippen LogP contribution is 2.32. The van der Waals surface area contributed by atoms with Crippen molar-refractivity contribution in [3.63, 3.8) is 0 Å². The van der Waals surface area contributed by atoms with Crippen LogP contribution in [0.5, 0.6) is 0 Å². The van der Waals surface area contributed by atoms with E-state index in [0.29, 0.717) is 0 Å². The predicted octanol–water partition coefficient (Wildman–Crippen LogP) is 4.71. The number of aryl methyl sites for hydroxylation is 1. The second-order valence-electron chi connectivity index (χ2n) is 2.95. The standard InChI is InChI=1S/C10H8BrIS/c1-6-4-9(12)8(5-11)7-2-3-13-10(6)7/h2-4H,5H2,1H3. The molecule has 0 amide bonds. The molecule has 0 aliphatic heterocycles. The van der Waals surface area contributed by atoms with Crippen LogP contribution >= 0.6 is 49.9 Å². The quantitative estimate of drug-likeness (QED) is 0.506.